The summed E-state index contributed by atoms with van der Waals surface area (Å²) in [5.74, 6) is 0.00111. The van der Waals surface area contributed by atoms with Crippen molar-refractivity contribution in [1.82, 2.24) is 0 Å². The van der Waals surface area contributed by atoms with Crippen LogP contribution in [0, 0.1) is 5.92 Å². The van der Waals surface area contributed by atoms with Crippen LogP contribution in [0.5, 0.6) is 17.2 Å². The Balaban J connectivity index is 1.60. The second-order valence-corrected chi connectivity index (χ2v) is 8.85. The minimum absolute atomic E-state index is 0.126. The lowest BCUT2D eigenvalue weighted by molar-refractivity contribution is -0.118. The first-order chi connectivity index (χ1) is 16.4. The minimum atomic E-state index is -1.49. The molecule has 7 heteroatoms. The van der Waals surface area contributed by atoms with Crippen LogP contribution in [0.2, 0.25) is 5.02 Å². The van der Waals surface area contributed by atoms with Crippen molar-refractivity contribution in [2.45, 2.75) is 25.6 Å². The number of allylic oxidation sites excluding steroid dienone is 1. The molecule has 0 saturated carbocycles. The van der Waals surface area contributed by atoms with Crippen molar-refractivity contribution in [2.75, 3.05) is 14.2 Å². The molecular weight excluding hydrogens is 456 g/mol. The van der Waals surface area contributed by atoms with Gasteiger partial charge in [0, 0.05) is 24.5 Å². The van der Waals surface area contributed by atoms with Crippen molar-refractivity contribution in [2.24, 2.45) is 5.92 Å². The summed E-state index contributed by atoms with van der Waals surface area (Å²) in [6, 6.07) is 15.6. The number of halogens is 1. The summed E-state index contributed by atoms with van der Waals surface area (Å²) in [6.45, 7) is 2.01. The van der Waals surface area contributed by atoms with Crippen LogP contribution in [-0.2, 0) is 16.1 Å². The molecule has 1 aliphatic carbocycles. The van der Waals surface area contributed by atoms with E-state index in [-0.39, 0.29) is 46.7 Å². The number of carbonyl (C=O) groups is 2. The van der Waals surface area contributed by atoms with Crippen molar-refractivity contribution in [3.05, 3.63) is 76.5 Å². The smallest absolute Gasteiger partial charge is 0.231 e. The first kappa shape index (κ1) is 22.3. The molecule has 2 atom stereocenters. The second-order valence-electron chi connectivity index (χ2n) is 8.47. The molecule has 0 radical (unpaired) electrons. The molecule has 3 aromatic carbocycles. The lowest BCUT2D eigenvalue weighted by Crippen LogP contribution is -2.51. The van der Waals surface area contributed by atoms with E-state index in [2.05, 4.69) is 0 Å². The molecular formula is C27H23ClO6. The predicted molar refractivity (Wildman–Crippen MR) is 128 cm³/mol. The third-order valence-corrected chi connectivity index (χ3v) is 6.90. The van der Waals surface area contributed by atoms with E-state index in [9.17, 15) is 9.59 Å². The Bertz CT molecular complexity index is 1360. The van der Waals surface area contributed by atoms with Crippen molar-refractivity contribution in [3.8, 4) is 17.2 Å². The van der Waals surface area contributed by atoms with Gasteiger partial charge >= 0.3 is 0 Å². The quantitative estimate of drug-likeness (QED) is 0.480. The standard InChI is InChI=1S/C27H23ClO6/c1-15-11-18(29)12-22(32-3)27(15)26(30)23-20(13-21(31-2)24(28)25(23)34-27)33-14-17-9-6-8-16-7-4-5-10-19(16)17/h4-10,12-13,15H,11,14H2,1-3H3/t15-,27+/m1/s1. The fourth-order valence-electron chi connectivity index (χ4n) is 4.83. The Morgan fingerprint density at radius 1 is 1.06 bits per heavy atom. The molecule has 1 spiro atoms. The first-order valence-electron chi connectivity index (χ1n) is 10.9. The molecule has 5 rings (SSSR count). The summed E-state index contributed by atoms with van der Waals surface area (Å²) >= 11 is 6.57. The monoisotopic (exact) mass is 478 g/mol. The summed E-state index contributed by atoms with van der Waals surface area (Å²) in [4.78, 5) is 26.1. The molecule has 0 amide bonds. The lowest BCUT2D eigenvalue weighted by atomic mass is 9.75. The van der Waals surface area contributed by atoms with E-state index in [4.69, 9.17) is 30.5 Å². The number of fused-ring (bicyclic) bond motifs is 2. The van der Waals surface area contributed by atoms with Gasteiger partial charge in [-0.25, -0.2) is 0 Å². The predicted octanol–water partition coefficient (Wildman–Crippen LogP) is 5.53. The van der Waals surface area contributed by atoms with Gasteiger partial charge in [0.05, 0.1) is 14.2 Å². The molecule has 0 unspecified atom stereocenters. The van der Waals surface area contributed by atoms with Crippen molar-refractivity contribution in [3.63, 3.8) is 0 Å². The third kappa shape index (κ3) is 3.24. The number of rotatable bonds is 5. The first-order valence-corrected chi connectivity index (χ1v) is 11.3. The van der Waals surface area contributed by atoms with E-state index in [1.54, 1.807) is 13.0 Å². The summed E-state index contributed by atoms with van der Waals surface area (Å²) in [7, 11) is 2.90. The number of carbonyl (C=O) groups excluding carboxylic acids is 2. The number of Topliss-reactive ketones (excluding diaryl/α,β-unsaturated/α-hetero) is 1. The summed E-state index contributed by atoms with van der Waals surface area (Å²) < 4.78 is 23.4. The highest BCUT2D eigenvalue weighted by Crippen LogP contribution is 2.54. The molecule has 3 aromatic rings. The number of hydrogen-bond acceptors (Lipinski definition) is 6. The van der Waals surface area contributed by atoms with Crippen LogP contribution >= 0.6 is 11.6 Å². The Kier molecular flexibility index (Phi) is 5.48. The number of ketones is 2. The van der Waals surface area contributed by atoms with Crippen LogP contribution < -0.4 is 14.2 Å². The highest BCUT2D eigenvalue weighted by atomic mass is 35.5. The van der Waals surface area contributed by atoms with E-state index >= 15 is 0 Å². The minimum Gasteiger partial charge on any atom is -0.496 e. The van der Waals surface area contributed by atoms with Gasteiger partial charge in [-0.15, -0.1) is 0 Å². The Labute approximate surface area is 202 Å². The molecule has 2 aliphatic rings. The molecule has 6 nitrogen and oxygen atoms in total. The van der Waals surface area contributed by atoms with E-state index < -0.39 is 11.5 Å². The molecule has 0 bridgehead atoms. The molecule has 1 aliphatic heterocycles. The van der Waals surface area contributed by atoms with Gasteiger partial charge in [-0.3, -0.25) is 9.59 Å². The fourth-order valence-corrected chi connectivity index (χ4v) is 5.09. The number of ether oxygens (including phenoxy) is 4. The van der Waals surface area contributed by atoms with Crippen molar-refractivity contribution < 1.29 is 28.5 Å². The van der Waals surface area contributed by atoms with E-state index in [0.717, 1.165) is 16.3 Å². The molecule has 174 valence electrons. The molecule has 0 N–H and O–H groups in total. The van der Waals surface area contributed by atoms with Crippen molar-refractivity contribution in [1.29, 1.82) is 0 Å². The normalized spacial score (nSPS) is 21.3. The van der Waals surface area contributed by atoms with Gasteiger partial charge in [-0.05, 0) is 16.3 Å². The van der Waals surface area contributed by atoms with Gasteiger partial charge in [-0.1, -0.05) is 61.0 Å². The zero-order chi connectivity index (χ0) is 24.0. The summed E-state index contributed by atoms with van der Waals surface area (Å²) in [6.07, 6.45) is 1.47. The highest BCUT2D eigenvalue weighted by molar-refractivity contribution is 6.35. The number of benzene rings is 3. The largest absolute Gasteiger partial charge is 0.496 e. The fraction of sp³-hybridized carbons (Fsp3) is 0.259. The average Bonchev–Trinajstić information content (AvgIpc) is 3.15. The number of hydrogen-bond donors (Lipinski definition) is 0. The van der Waals surface area contributed by atoms with Crippen LogP contribution in [0.3, 0.4) is 0 Å². The molecule has 0 saturated heterocycles. The maximum absolute atomic E-state index is 13.9. The van der Waals surface area contributed by atoms with E-state index in [0.29, 0.717) is 11.5 Å². The molecule has 0 aromatic heterocycles. The summed E-state index contributed by atoms with van der Waals surface area (Å²) in [5.41, 5.74) is -0.301. The Morgan fingerprint density at radius 3 is 2.59 bits per heavy atom. The van der Waals surface area contributed by atoms with E-state index in [1.807, 2.05) is 42.5 Å². The van der Waals surface area contributed by atoms with E-state index in [1.165, 1.54) is 20.3 Å². The van der Waals surface area contributed by atoms with Crippen LogP contribution in [0.4, 0.5) is 0 Å². The molecule has 0 fully saturated rings. The van der Waals surface area contributed by atoms with Crippen molar-refractivity contribution >= 4 is 33.9 Å². The lowest BCUT2D eigenvalue weighted by Gasteiger charge is -2.36. The zero-order valence-electron chi connectivity index (χ0n) is 19.0. The van der Waals surface area contributed by atoms with Crippen LogP contribution in [-0.4, -0.2) is 31.4 Å². The average molecular weight is 479 g/mol. The van der Waals surface area contributed by atoms with Crippen LogP contribution in [0.15, 0.2) is 60.4 Å². The second kappa shape index (κ2) is 8.37. The Hall–Kier alpha value is -3.51. The zero-order valence-corrected chi connectivity index (χ0v) is 19.8. The molecule has 34 heavy (non-hydrogen) atoms. The Morgan fingerprint density at radius 2 is 1.82 bits per heavy atom. The third-order valence-electron chi connectivity index (χ3n) is 6.54. The van der Waals surface area contributed by atoms with Gasteiger partial charge in [0.25, 0.3) is 0 Å². The topological polar surface area (TPSA) is 71.1 Å². The van der Waals surface area contributed by atoms with Gasteiger partial charge in [-0.2, -0.15) is 0 Å². The maximum atomic E-state index is 13.9. The molecule has 1 heterocycles. The number of methoxy groups -OCH3 is 2. The SMILES string of the molecule is COC1=CC(=O)C[C@@H](C)[C@]12Oc1c(Cl)c(OC)cc(OCc3cccc4ccccc34)c1C2=O. The highest BCUT2D eigenvalue weighted by Gasteiger charge is 2.60. The van der Waals surface area contributed by atoms with Crippen LogP contribution in [0.25, 0.3) is 10.8 Å². The van der Waals surface area contributed by atoms with Gasteiger partial charge in [0.2, 0.25) is 11.4 Å². The maximum Gasteiger partial charge on any atom is 0.231 e. The van der Waals surface area contributed by atoms with Gasteiger partial charge < -0.3 is 18.9 Å². The van der Waals surface area contributed by atoms with Gasteiger partial charge in [0.15, 0.2) is 17.3 Å². The van der Waals surface area contributed by atoms with Crippen LogP contribution in [0.1, 0.15) is 29.3 Å². The summed E-state index contributed by atoms with van der Waals surface area (Å²) in [5, 5.41) is 2.32. The van der Waals surface area contributed by atoms with Gasteiger partial charge in [0.1, 0.15) is 28.7 Å².